The van der Waals surface area contributed by atoms with Crippen molar-refractivity contribution in [3.05, 3.63) is 29.8 Å². The number of amides is 2. The van der Waals surface area contributed by atoms with Gasteiger partial charge in [-0.2, -0.15) is 0 Å². The van der Waals surface area contributed by atoms with Gasteiger partial charge in [0.2, 0.25) is 5.91 Å². The van der Waals surface area contributed by atoms with Gasteiger partial charge in [0, 0.05) is 6.04 Å². The van der Waals surface area contributed by atoms with E-state index in [2.05, 4.69) is 17.6 Å². The summed E-state index contributed by atoms with van der Waals surface area (Å²) in [6.07, 6.45) is 4.31. The second-order valence-corrected chi connectivity index (χ2v) is 7.59. The minimum atomic E-state index is -0.559. The Morgan fingerprint density at radius 3 is 2.42 bits per heavy atom. The number of rotatable bonds is 7. The van der Waals surface area contributed by atoms with Crippen LogP contribution in [0.25, 0.3) is 0 Å². The van der Waals surface area contributed by atoms with Crippen LogP contribution in [0.1, 0.15) is 63.7 Å². The summed E-state index contributed by atoms with van der Waals surface area (Å²) in [6.45, 7) is 8.51. The molecule has 1 saturated carbocycles. The number of benzene rings is 1. The summed E-state index contributed by atoms with van der Waals surface area (Å²) in [5, 5.41) is 6.03. The lowest BCUT2D eigenvalue weighted by Crippen LogP contribution is -2.52. The number of hydrogen-bond donors (Lipinski definition) is 2. The molecule has 144 valence electrons. The molecule has 0 saturated heterocycles. The number of nitrogens with one attached hydrogen (secondary N) is 2. The van der Waals surface area contributed by atoms with Gasteiger partial charge in [0.25, 0.3) is 5.91 Å². The van der Waals surface area contributed by atoms with E-state index in [1.807, 2.05) is 26.8 Å². The summed E-state index contributed by atoms with van der Waals surface area (Å²) in [4.78, 5) is 25.5. The molecule has 1 fully saturated rings. The second kappa shape index (κ2) is 9.60. The Hall–Kier alpha value is -2.04. The number of carbonyl (C=O) groups is 2. The zero-order valence-corrected chi connectivity index (χ0v) is 16.4. The van der Waals surface area contributed by atoms with Crippen molar-refractivity contribution >= 4 is 11.8 Å². The van der Waals surface area contributed by atoms with E-state index in [0.717, 1.165) is 31.6 Å². The minimum absolute atomic E-state index is 0.000667. The zero-order chi connectivity index (χ0) is 19.1. The normalized spacial score (nSPS) is 21.1. The molecule has 0 bridgehead atoms. The minimum Gasteiger partial charge on any atom is -0.493 e. The summed E-state index contributed by atoms with van der Waals surface area (Å²) in [5.41, 5.74) is 0.458. The lowest BCUT2D eigenvalue weighted by molar-refractivity contribution is -0.124. The molecule has 0 aliphatic heterocycles. The van der Waals surface area contributed by atoms with Crippen molar-refractivity contribution in [2.24, 2.45) is 11.8 Å². The highest BCUT2D eigenvalue weighted by Gasteiger charge is 2.28. The highest BCUT2D eigenvalue weighted by atomic mass is 16.5. The maximum Gasteiger partial charge on any atom is 0.255 e. The number of ether oxygens (including phenoxy) is 1. The molecular weight excluding hydrogens is 328 g/mol. The quantitative estimate of drug-likeness (QED) is 0.781. The molecule has 1 aliphatic carbocycles. The van der Waals surface area contributed by atoms with Gasteiger partial charge in [-0.05, 0) is 56.6 Å². The van der Waals surface area contributed by atoms with E-state index in [1.54, 1.807) is 18.2 Å². The lowest BCUT2D eigenvalue weighted by atomic mass is 9.87. The summed E-state index contributed by atoms with van der Waals surface area (Å²) < 4.78 is 5.53. The zero-order valence-electron chi connectivity index (χ0n) is 16.4. The average molecular weight is 360 g/mol. The summed E-state index contributed by atoms with van der Waals surface area (Å²) in [6, 6.07) is 6.78. The van der Waals surface area contributed by atoms with Crippen molar-refractivity contribution in [1.29, 1.82) is 0 Å². The highest BCUT2D eigenvalue weighted by Crippen LogP contribution is 2.24. The first-order valence-electron chi connectivity index (χ1n) is 9.75. The van der Waals surface area contributed by atoms with Crippen molar-refractivity contribution in [2.75, 3.05) is 6.61 Å². The molecule has 2 amide bonds. The molecule has 5 nitrogen and oxygen atoms in total. The fourth-order valence-electron chi connectivity index (χ4n) is 3.38. The molecule has 1 aromatic rings. The topological polar surface area (TPSA) is 67.4 Å². The molecule has 2 rings (SSSR count). The van der Waals surface area contributed by atoms with Gasteiger partial charge in [-0.3, -0.25) is 9.59 Å². The highest BCUT2D eigenvalue weighted by molar-refractivity contribution is 5.99. The van der Waals surface area contributed by atoms with Gasteiger partial charge in [-0.25, -0.2) is 0 Å². The number of para-hydroxylation sites is 1. The van der Waals surface area contributed by atoms with E-state index in [-0.39, 0.29) is 23.8 Å². The van der Waals surface area contributed by atoms with Gasteiger partial charge < -0.3 is 15.4 Å². The van der Waals surface area contributed by atoms with Gasteiger partial charge in [-0.1, -0.05) is 32.9 Å². The molecule has 1 unspecified atom stereocenters. The maximum absolute atomic E-state index is 12.8. The monoisotopic (exact) mass is 360 g/mol. The average Bonchev–Trinajstić information content (AvgIpc) is 2.61. The van der Waals surface area contributed by atoms with Crippen LogP contribution in [-0.2, 0) is 4.79 Å². The Kier molecular flexibility index (Phi) is 7.49. The van der Waals surface area contributed by atoms with E-state index < -0.39 is 6.04 Å². The third kappa shape index (κ3) is 5.48. The first kappa shape index (κ1) is 20.3. The summed E-state index contributed by atoms with van der Waals surface area (Å²) in [7, 11) is 0. The van der Waals surface area contributed by atoms with E-state index in [4.69, 9.17) is 4.74 Å². The van der Waals surface area contributed by atoms with Crippen LogP contribution in [0.4, 0.5) is 0 Å². The SMILES string of the molecule is CCOc1ccccc1C(=O)NC(C(=O)NC1CCC(C)CC1)C(C)C. The largest absolute Gasteiger partial charge is 0.493 e. The number of hydrogen-bond acceptors (Lipinski definition) is 3. The molecule has 5 heteroatoms. The molecule has 2 N–H and O–H groups in total. The summed E-state index contributed by atoms with van der Waals surface area (Å²) >= 11 is 0. The fourth-order valence-corrected chi connectivity index (χ4v) is 3.38. The van der Waals surface area contributed by atoms with Crippen molar-refractivity contribution in [1.82, 2.24) is 10.6 Å². The lowest BCUT2D eigenvalue weighted by Gasteiger charge is -2.30. The van der Waals surface area contributed by atoms with Crippen molar-refractivity contribution < 1.29 is 14.3 Å². The van der Waals surface area contributed by atoms with Crippen LogP contribution < -0.4 is 15.4 Å². The van der Waals surface area contributed by atoms with Gasteiger partial charge in [-0.15, -0.1) is 0 Å². The molecule has 1 aromatic carbocycles. The number of carbonyl (C=O) groups excluding carboxylic acids is 2. The van der Waals surface area contributed by atoms with Crippen LogP contribution in [0.3, 0.4) is 0 Å². The Morgan fingerprint density at radius 1 is 1.15 bits per heavy atom. The van der Waals surface area contributed by atoms with Crippen LogP contribution in [0.5, 0.6) is 5.75 Å². The first-order chi connectivity index (χ1) is 12.4. The Labute approximate surface area is 156 Å². The van der Waals surface area contributed by atoms with E-state index in [9.17, 15) is 9.59 Å². The molecule has 0 heterocycles. The Morgan fingerprint density at radius 2 is 1.81 bits per heavy atom. The predicted molar refractivity (Wildman–Crippen MR) is 103 cm³/mol. The van der Waals surface area contributed by atoms with Gasteiger partial charge >= 0.3 is 0 Å². The van der Waals surface area contributed by atoms with Gasteiger partial charge in [0.15, 0.2) is 0 Å². The van der Waals surface area contributed by atoms with E-state index >= 15 is 0 Å². The summed E-state index contributed by atoms with van der Waals surface area (Å²) in [5.74, 6) is 0.901. The molecular formula is C21H32N2O3. The van der Waals surface area contributed by atoms with Gasteiger partial charge in [0.05, 0.1) is 12.2 Å². The molecule has 0 spiro atoms. The molecule has 1 atom stereocenters. The van der Waals surface area contributed by atoms with Crippen LogP contribution in [0.2, 0.25) is 0 Å². The second-order valence-electron chi connectivity index (χ2n) is 7.59. The predicted octanol–water partition coefficient (Wildman–Crippen LogP) is 3.53. The third-order valence-electron chi connectivity index (χ3n) is 5.03. The molecule has 0 radical (unpaired) electrons. The molecule has 1 aliphatic rings. The van der Waals surface area contributed by atoms with Gasteiger partial charge in [0.1, 0.15) is 11.8 Å². The smallest absolute Gasteiger partial charge is 0.255 e. The van der Waals surface area contributed by atoms with Crippen LogP contribution in [0, 0.1) is 11.8 Å². The van der Waals surface area contributed by atoms with Crippen LogP contribution >= 0.6 is 0 Å². The maximum atomic E-state index is 12.8. The Bertz CT molecular complexity index is 607. The fraction of sp³-hybridized carbons (Fsp3) is 0.619. The standard InChI is InChI=1S/C21H32N2O3/c1-5-26-18-9-7-6-8-17(18)20(24)23-19(14(2)3)21(25)22-16-12-10-15(4)11-13-16/h6-9,14-16,19H,5,10-13H2,1-4H3,(H,22,25)(H,23,24). The third-order valence-corrected chi connectivity index (χ3v) is 5.03. The first-order valence-corrected chi connectivity index (χ1v) is 9.75. The van der Waals surface area contributed by atoms with Crippen LogP contribution in [-0.4, -0.2) is 30.5 Å². The molecule has 26 heavy (non-hydrogen) atoms. The Balaban J connectivity index is 2.03. The van der Waals surface area contributed by atoms with Crippen molar-refractivity contribution in [3.63, 3.8) is 0 Å². The van der Waals surface area contributed by atoms with Crippen LogP contribution in [0.15, 0.2) is 24.3 Å². The van der Waals surface area contributed by atoms with Crippen molar-refractivity contribution in [2.45, 2.75) is 65.5 Å². The van der Waals surface area contributed by atoms with Crippen molar-refractivity contribution in [3.8, 4) is 5.75 Å². The molecule has 0 aromatic heterocycles. The van der Waals surface area contributed by atoms with E-state index in [1.165, 1.54) is 0 Å². The van der Waals surface area contributed by atoms with E-state index in [0.29, 0.717) is 17.9 Å².